The summed E-state index contributed by atoms with van der Waals surface area (Å²) in [6.45, 7) is 8.28. The summed E-state index contributed by atoms with van der Waals surface area (Å²) in [5.41, 5.74) is 0.410. The SMILES string of the molecule is COc1ccc2c(B3OC(C)(C)C(C)(C)O3)cccc2c1. The quantitative estimate of drug-likeness (QED) is 0.793. The molecule has 2 aromatic carbocycles. The van der Waals surface area contributed by atoms with Crippen LogP contribution in [0.25, 0.3) is 10.8 Å². The van der Waals surface area contributed by atoms with Gasteiger partial charge in [0, 0.05) is 0 Å². The average Bonchev–Trinajstić information content (AvgIpc) is 2.66. The molecule has 21 heavy (non-hydrogen) atoms. The predicted molar refractivity (Wildman–Crippen MR) is 86.2 cm³/mol. The summed E-state index contributed by atoms with van der Waals surface area (Å²) >= 11 is 0. The number of methoxy groups -OCH3 is 1. The molecule has 0 radical (unpaired) electrons. The molecule has 1 heterocycles. The average molecular weight is 284 g/mol. The molecule has 2 aromatic rings. The van der Waals surface area contributed by atoms with E-state index < -0.39 is 0 Å². The fourth-order valence-electron chi connectivity index (χ4n) is 2.59. The number of fused-ring (bicyclic) bond motifs is 1. The topological polar surface area (TPSA) is 27.7 Å². The highest BCUT2D eigenvalue weighted by atomic mass is 16.7. The summed E-state index contributed by atoms with van der Waals surface area (Å²) in [5.74, 6) is 0.855. The van der Waals surface area contributed by atoms with Crippen molar-refractivity contribution in [3.05, 3.63) is 36.4 Å². The first kappa shape index (κ1) is 14.4. The van der Waals surface area contributed by atoms with Crippen molar-refractivity contribution in [2.24, 2.45) is 0 Å². The van der Waals surface area contributed by atoms with Crippen LogP contribution in [-0.2, 0) is 9.31 Å². The normalized spacial score (nSPS) is 20.0. The van der Waals surface area contributed by atoms with Crippen LogP contribution in [0.5, 0.6) is 5.75 Å². The molecule has 1 fully saturated rings. The summed E-state index contributed by atoms with van der Waals surface area (Å²) in [4.78, 5) is 0. The van der Waals surface area contributed by atoms with Gasteiger partial charge in [-0.1, -0.05) is 24.3 Å². The van der Waals surface area contributed by atoms with Crippen LogP contribution in [0.4, 0.5) is 0 Å². The fourth-order valence-corrected chi connectivity index (χ4v) is 2.59. The van der Waals surface area contributed by atoms with Gasteiger partial charge in [0.1, 0.15) is 5.75 Å². The molecule has 0 aliphatic carbocycles. The molecular formula is C17H21BO3. The Morgan fingerprint density at radius 1 is 0.952 bits per heavy atom. The van der Waals surface area contributed by atoms with Gasteiger partial charge in [-0.25, -0.2) is 0 Å². The van der Waals surface area contributed by atoms with Gasteiger partial charge in [0.25, 0.3) is 0 Å². The number of rotatable bonds is 2. The highest BCUT2D eigenvalue weighted by Crippen LogP contribution is 2.37. The number of hydrogen-bond acceptors (Lipinski definition) is 3. The molecule has 1 aliphatic rings. The highest BCUT2D eigenvalue weighted by Gasteiger charge is 2.52. The maximum atomic E-state index is 6.16. The lowest BCUT2D eigenvalue weighted by atomic mass is 9.76. The van der Waals surface area contributed by atoms with Crippen LogP contribution in [0.1, 0.15) is 27.7 Å². The van der Waals surface area contributed by atoms with Crippen molar-refractivity contribution in [2.75, 3.05) is 7.11 Å². The standard InChI is InChI=1S/C17H21BO3/c1-16(2)17(3,4)21-18(20-16)15-8-6-7-12-11-13(19-5)9-10-14(12)15/h6-11H,1-5H3. The Bertz CT molecular complexity index is 663. The van der Waals surface area contributed by atoms with Gasteiger partial charge in [0.15, 0.2) is 0 Å². The van der Waals surface area contributed by atoms with Crippen molar-refractivity contribution in [3.63, 3.8) is 0 Å². The van der Waals surface area contributed by atoms with Crippen molar-refractivity contribution in [1.82, 2.24) is 0 Å². The molecule has 0 amide bonds. The molecule has 1 saturated heterocycles. The third-order valence-electron chi connectivity index (χ3n) is 4.63. The maximum absolute atomic E-state index is 6.16. The second-order valence-electron chi connectivity index (χ2n) is 6.52. The number of benzene rings is 2. The van der Waals surface area contributed by atoms with Gasteiger partial charge in [-0.3, -0.25) is 0 Å². The molecule has 4 heteroatoms. The van der Waals surface area contributed by atoms with Crippen LogP contribution >= 0.6 is 0 Å². The van der Waals surface area contributed by atoms with E-state index in [-0.39, 0.29) is 18.3 Å². The largest absolute Gasteiger partial charge is 0.497 e. The second-order valence-corrected chi connectivity index (χ2v) is 6.52. The monoisotopic (exact) mass is 284 g/mol. The van der Waals surface area contributed by atoms with Crippen LogP contribution < -0.4 is 10.2 Å². The highest BCUT2D eigenvalue weighted by molar-refractivity contribution is 6.65. The van der Waals surface area contributed by atoms with Crippen LogP contribution in [0.15, 0.2) is 36.4 Å². The molecule has 0 spiro atoms. The maximum Gasteiger partial charge on any atom is 0.495 e. The van der Waals surface area contributed by atoms with Gasteiger partial charge in [-0.2, -0.15) is 0 Å². The van der Waals surface area contributed by atoms with E-state index in [0.29, 0.717) is 0 Å². The number of hydrogen-bond donors (Lipinski definition) is 0. The Labute approximate surface area is 126 Å². The third-order valence-corrected chi connectivity index (χ3v) is 4.63. The van der Waals surface area contributed by atoms with E-state index in [4.69, 9.17) is 14.0 Å². The van der Waals surface area contributed by atoms with E-state index in [1.54, 1.807) is 7.11 Å². The van der Waals surface area contributed by atoms with Crippen molar-refractivity contribution in [2.45, 2.75) is 38.9 Å². The Morgan fingerprint density at radius 2 is 1.62 bits per heavy atom. The van der Waals surface area contributed by atoms with Gasteiger partial charge in [-0.05, 0) is 56.1 Å². The van der Waals surface area contributed by atoms with Crippen LogP contribution in [-0.4, -0.2) is 25.4 Å². The van der Waals surface area contributed by atoms with E-state index in [1.807, 2.05) is 18.2 Å². The second kappa shape index (κ2) is 4.75. The van der Waals surface area contributed by atoms with Gasteiger partial charge in [0.2, 0.25) is 0 Å². The lowest BCUT2D eigenvalue weighted by Gasteiger charge is -2.32. The molecule has 3 nitrogen and oxygen atoms in total. The van der Waals surface area contributed by atoms with Gasteiger partial charge >= 0.3 is 7.12 Å². The van der Waals surface area contributed by atoms with Crippen molar-refractivity contribution in [1.29, 1.82) is 0 Å². The molecule has 0 N–H and O–H groups in total. The van der Waals surface area contributed by atoms with Crippen molar-refractivity contribution in [3.8, 4) is 5.75 Å². The molecule has 0 atom stereocenters. The number of ether oxygens (including phenoxy) is 1. The summed E-state index contributed by atoms with van der Waals surface area (Å²) < 4.78 is 17.6. The molecule has 110 valence electrons. The first-order valence-corrected chi connectivity index (χ1v) is 7.26. The van der Waals surface area contributed by atoms with E-state index in [1.165, 1.54) is 0 Å². The van der Waals surface area contributed by atoms with E-state index in [9.17, 15) is 0 Å². The van der Waals surface area contributed by atoms with Crippen LogP contribution in [0.3, 0.4) is 0 Å². The lowest BCUT2D eigenvalue weighted by molar-refractivity contribution is 0.00578. The summed E-state index contributed by atoms with van der Waals surface area (Å²) in [6, 6.07) is 12.2. The minimum Gasteiger partial charge on any atom is -0.497 e. The molecule has 0 saturated carbocycles. The fraction of sp³-hybridized carbons (Fsp3) is 0.412. The van der Waals surface area contributed by atoms with Gasteiger partial charge < -0.3 is 14.0 Å². The zero-order valence-corrected chi connectivity index (χ0v) is 13.3. The zero-order chi connectivity index (χ0) is 15.3. The minimum atomic E-state index is -0.341. The predicted octanol–water partition coefficient (Wildman–Crippen LogP) is 3.15. The van der Waals surface area contributed by atoms with E-state index in [2.05, 4.69) is 45.9 Å². The molecule has 0 unspecified atom stereocenters. The van der Waals surface area contributed by atoms with E-state index in [0.717, 1.165) is 22.0 Å². The van der Waals surface area contributed by atoms with Gasteiger partial charge in [-0.15, -0.1) is 0 Å². The summed E-state index contributed by atoms with van der Waals surface area (Å²) in [6.07, 6.45) is 0. The Hall–Kier alpha value is -1.52. The molecule has 1 aliphatic heterocycles. The van der Waals surface area contributed by atoms with Crippen molar-refractivity contribution >= 4 is 23.4 Å². The zero-order valence-electron chi connectivity index (χ0n) is 13.3. The van der Waals surface area contributed by atoms with Gasteiger partial charge in [0.05, 0.1) is 18.3 Å². The Balaban J connectivity index is 2.06. The first-order chi connectivity index (χ1) is 9.84. The first-order valence-electron chi connectivity index (χ1n) is 7.26. The molecule has 0 bridgehead atoms. The molecule has 0 aromatic heterocycles. The Morgan fingerprint density at radius 3 is 2.24 bits per heavy atom. The van der Waals surface area contributed by atoms with Crippen LogP contribution in [0.2, 0.25) is 0 Å². The minimum absolute atomic E-state index is 0.327. The third kappa shape index (κ3) is 2.32. The lowest BCUT2D eigenvalue weighted by Crippen LogP contribution is -2.41. The van der Waals surface area contributed by atoms with Crippen LogP contribution in [0, 0.1) is 0 Å². The Kier molecular flexibility index (Phi) is 3.26. The van der Waals surface area contributed by atoms with E-state index >= 15 is 0 Å². The summed E-state index contributed by atoms with van der Waals surface area (Å²) in [5, 5.41) is 2.26. The molecular weight excluding hydrogens is 263 g/mol. The summed E-state index contributed by atoms with van der Waals surface area (Å²) in [7, 11) is 1.34. The van der Waals surface area contributed by atoms with Crippen molar-refractivity contribution < 1.29 is 14.0 Å². The smallest absolute Gasteiger partial charge is 0.495 e. The molecule has 3 rings (SSSR count).